The Balaban J connectivity index is 2.36. The van der Waals surface area contributed by atoms with Crippen LogP contribution in [0.4, 0.5) is 0 Å². The second-order valence-corrected chi connectivity index (χ2v) is 7.24. The molecule has 0 spiro atoms. The van der Waals surface area contributed by atoms with E-state index in [9.17, 15) is 8.42 Å². The lowest BCUT2D eigenvalue weighted by atomic mass is 10.1. The Hall–Kier alpha value is -1.42. The largest absolute Gasteiger partial charge is 0.314 e. The van der Waals surface area contributed by atoms with Gasteiger partial charge in [0.15, 0.2) is 0 Å². The van der Waals surface area contributed by atoms with Gasteiger partial charge in [-0.1, -0.05) is 13.3 Å². The minimum Gasteiger partial charge on any atom is -0.314 e. The molecular formula is C15H21N3O2S. The van der Waals surface area contributed by atoms with Crippen molar-refractivity contribution in [1.82, 2.24) is 9.62 Å². The van der Waals surface area contributed by atoms with Crippen LogP contribution in [0.1, 0.15) is 30.9 Å². The van der Waals surface area contributed by atoms with Crippen LogP contribution in [0.3, 0.4) is 0 Å². The SMILES string of the molecule is CCCC1CNCCN1S(=O)(=O)c1ccc(C#N)c(C)c1. The number of sulfonamides is 1. The van der Waals surface area contributed by atoms with Crippen molar-refractivity contribution in [3.8, 4) is 6.07 Å². The second-order valence-electron chi connectivity index (χ2n) is 5.35. The first-order valence-electron chi connectivity index (χ1n) is 7.24. The van der Waals surface area contributed by atoms with Gasteiger partial charge in [0.1, 0.15) is 0 Å². The molecule has 1 aromatic rings. The van der Waals surface area contributed by atoms with E-state index < -0.39 is 10.0 Å². The predicted octanol–water partition coefficient (Wildman–Crippen LogP) is 1.63. The van der Waals surface area contributed by atoms with Crippen molar-refractivity contribution < 1.29 is 8.42 Å². The molecule has 1 aliphatic rings. The first-order valence-corrected chi connectivity index (χ1v) is 8.68. The minimum atomic E-state index is -3.50. The first kappa shape index (κ1) is 16.0. The fourth-order valence-corrected chi connectivity index (χ4v) is 4.44. The standard InChI is InChI=1S/C15H21N3O2S/c1-3-4-14-11-17-7-8-18(14)21(19,20)15-6-5-13(10-16)12(2)9-15/h5-6,9,14,17H,3-4,7-8,11H2,1-2H3. The van der Waals surface area contributed by atoms with E-state index in [4.69, 9.17) is 5.26 Å². The number of piperazine rings is 1. The van der Waals surface area contributed by atoms with Crippen molar-refractivity contribution in [1.29, 1.82) is 5.26 Å². The molecule has 1 fully saturated rings. The van der Waals surface area contributed by atoms with Crippen molar-refractivity contribution in [2.75, 3.05) is 19.6 Å². The molecule has 1 N–H and O–H groups in total. The molecule has 2 rings (SSSR count). The number of nitrogens with one attached hydrogen (secondary N) is 1. The summed E-state index contributed by atoms with van der Waals surface area (Å²) in [7, 11) is -3.50. The van der Waals surface area contributed by atoms with Crippen molar-refractivity contribution in [2.24, 2.45) is 0 Å². The number of hydrogen-bond donors (Lipinski definition) is 1. The highest BCUT2D eigenvalue weighted by atomic mass is 32.2. The molecule has 6 heteroatoms. The van der Waals surface area contributed by atoms with Crippen LogP contribution >= 0.6 is 0 Å². The van der Waals surface area contributed by atoms with Crippen LogP contribution in [0.2, 0.25) is 0 Å². The summed E-state index contributed by atoms with van der Waals surface area (Å²) in [5.41, 5.74) is 1.21. The highest BCUT2D eigenvalue weighted by Gasteiger charge is 2.32. The third-order valence-electron chi connectivity index (χ3n) is 3.84. The molecule has 0 amide bonds. The molecule has 1 aromatic carbocycles. The van der Waals surface area contributed by atoms with E-state index in [2.05, 4.69) is 18.3 Å². The topological polar surface area (TPSA) is 73.2 Å². The Morgan fingerprint density at radius 3 is 2.86 bits per heavy atom. The average molecular weight is 307 g/mol. The molecule has 0 saturated carbocycles. The number of rotatable bonds is 4. The highest BCUT2D eigenvalue weighted by Crippen LogP contribution is 2.23. The lowest BCUT2D eigenvalue weighted by molar-refractivity contribution is 0.254. The number of benzene rings is 1. The third kappa shape index (κ3) is 3.26. The molecule has 114 valence electrons. The van der Waals surface area contributed by atoms with E-state index in [1.54, 1.807) is 23.4 Å². The smallest absolute Gasteiger partial charge is 0.243 e. The normalized spacial score (nSPS) is 20.1. The van der Waals surface area contributed by atoms with Gasteiger partial charge in [-0.2, -0.15) is 9.57 Å². The Bertz CT molecular complexity index is 647. The molecule has 0 radical (unpaired) electrons. The predicted molar refractivity (Wildman–Crippen MR) is 81.4 cm³/mol. The van der Waals surface area contributed by atoms with Crippen LogP contribution in [0.25, 0.3) is 0 Å². The van der Waals surface area contributed by atoms with Crippen molar-refractivity contribution >= 4 is 10.0 Å². The zero-order valence-corrected chi connectivity index (χ0v) is 13.3. The zero-order valence-electron chi connectivity index (χ0n) is 12.5. The molecule has 0 aromatic heterocycles. The summed E-state index contributed by atoms with van der Waals surface area (Å²) < 4.78 is 27.3. The summed E-state index contributed by atoms with van der Waals surface area (Å²) in [6.45, 7) is 5.69. The lowest BCUT2D eigenvalue weighted by Crippen LogP contribution is -2.53. The molecule has 0 bridgehead atoms. The quantitative estimate of drug-likeness (QED) is 0.917. The second kappa shape index (κ2) is 6.56. The van der Waals surface area contributed by atoms with Gasteiger partial charge >= 0.3 is 0 Å². The van der Waals surface area contributed by atoms with Crippen LogP contribution in [0.5, 0.6) is 0 Å². The van der Waals surface area contributed by atoms with Gasteiger partial charge in [0.05, 0.1) is 16.5 Å². The molecule has 1 atom stereocenters. The van der Waals surface area contributed by atoms with Gasteiger partial charge in [-0.05, 0) is 37.1 Å². The fourth-order valence-electron chi connectivity index (χ4n) is 2.70. The monoisotopic (exact) mass is 307 g/mol. The molecule has 5 nitrogen and oxygen atoms in total. The number of aryl methyl sites for hydroxylation is 1. The number of nitriles is 1. The van der Waals surface area contributed by atoms with E-state index in [-0.39, 0.29) is 10.9 Å². The molecule has 0 aliphatic carbocycles. The summed E-state index contributed by atoms with van der Waals surface area (Å²) in [5.74, 6) is 0. The average Bonchev–Trinajstić information content (AvgIpc) is 2.48. The minimum absolute atomic E-state index is 0.00435. The van der Waals surface area contributed by atoms with Gasteiger partial charge in [0.25, 0.3) is 0 Å². The Kier molecular flexibility index (Phi) is 4.99. The molecule has 1 saturated heterocycles. The van der Waals surface area contributed by atoms with E-state index >= 15 is 0 Å². The molecule has 1 unspecified atom stereocenters. The van der Waals surface area contributed by atoms with Crippen molar-refractivity contribution in [3.63, 3.8) is 0 Å². The van der Waals surface area contributed by atoms with Gasteiger partial charge in [-0.15, -0.1) is 0 Å². The first-order chi connectivity index (χ1) is 10.0. The number of nitrogens with zero attached hydrogens (tertiary/aromatic N) is 2. The Morgan fingerprint density at radius 1 is 1.48 bits per heavy atom. The molecule has 21 heavy (non-hydrogen) atoms. The van der Waals surface area contributed by atoms with Crippen LogP contribution in [-0.4, -0.2) is 38.4 Å². The summed E-state index contributed by atoms with van der Waals surface area (Å²) in [6, 6.07) is 6.78. The summed E-state index contributed by atoms with van der Waals surface area (Å²) in [4.78, 5) is 0.280. The van der Waals surface area contributed by atoms with Gasteiger partial charge in [0.2, 0.25) is 10.0 Å². The zero-order chi connectivity index (χ0) is 15.5. The summed E-state index contributed by atoms with van der Waals surface area (Å²) in [5, 5.41) is 12.2. The summed E-state index contributed by atoms with van der Waals surface area (Å²) >= 11 is 0. The van der Waals surface area contributed by atoms with Crippen LogP contribution in [0, 0.1) is 18.3 Å². The van der Waals surface area contributed by atoms with Gasteiger partial charge in [-0.3, -0.25) is 0 Å². The maximum absolute atomic E-state index is 12.8. The van der Waals surface area contributed by atoms with Crippen LogP contribution in [0.15, 0.2) is 23.1 Å². The maximum atomic E-state index is 12.8. The molecule has 1 heterocycles. The van der Waals surface area contributed by atoms with Gasteiger partial charge < -0.3 is 5.32 Å². The summed E-state index contributed by atoms with van der Waals surface area (Å²) in [6.07, 6.45) is 1.80. The maximum Gasteiger partial charge on any atom is 0.243 e. The Morgan fingerprint density at radius 2 is 2.24 bits per heavy atom. The van der Waals surface area contributed by atoms with E-state index in [0.29, 0.717) is 30.8 Å². The van der Waals surface area contributed by atoms with E-state index in [1.807, 2.05) is 0 Å². The van der Waals surface area contributed by atoms with Gasteiger partial charge in [0, 0.05) is 25.7 Å². The van der Waals surface area contributed by atoms with Crippen LogP contribution < -0.4 is 5.32 Å². The van der Waals surface area contributed by atoms with Crippen molar-refractivity contribution in [2.45, 2.75) is 37.6 Å². The van der Waals surface area contributed by atoms with Crippen LogP contribution in [-0.2, 0) is 10.0 Å². The highest BCUT2D eigenvalue weighted by molar-refractivity contribution is 7.89. The van der Waals surface area contributed by atoms with E-state index in [0.717, 1.165) is 12.8 Å². The molecule has 1 aliphatic heterocycles. The third-order valence-corrected chi connectivity index (χ3v) is 5.79. The van der Waals surface area contributed by atoms with E-state index in [1.165, 1.54) is 6.07 Å². The fraction of sp³-hybridized carbons (Fsp3) is 0.533. The lowest BCUT2D eigenvalue weighted by Gasteiger charge is -2.35. The number of hydrogen-bond acceptors (Lipinski definition) is 4. The molecular weight excluding hydrogens is 286 g/mol. The Labute approximate surface area is 126 Å². The van der Waals surface area contributed by atoms with Crippen molar-refractivity contribution in [3.05, 3.63) is 29.3 Å². The van der Waals surface area contributed by atoms with Gasteiger partial charge in [-0.25, -0.2) is 8.42 Å².